The molecular weight excluding hydrogens is 544 g/mol. The molecule has 1 atom stereocenters. The summed E-state index contributed by atoms with van der Waals surface area (Å²) in [6.45, 7) is 9.35. The van der Waals surface area contributed by atoms with Crippen LogP contribution in [0.5, 0.6) is 0 Å². The number of hydrogen-bond acceptors (Lipinski definition) is 1. The highest BCUT2D eigenvalue weighted by atomic mass is 15.2. The van der Waals surface area contributed by atoms with Crippen molar-refractivity contribution in [2.45, 2.75) is 57.9 Å². The van der Waals surface area contributed by atoms with Crippen LogP contribution in [0.2, 0.25) is 0 Å². The van der Waals surface area contributed by atoms with Gasteiger partial charge >= 0.3 is 0 Å². The number of hydrogen-bond donors (Lipinski definition) is 0. The number of anilines is 2. The fourth-order valence-corrected chi connectivity index (χ4v) is 7.85. The second-order valence-electron chi connectivity index (χ2n) is 13.6. The van der Waals surface area contributed by atoms with E-state index in [1.165, 1.54) is 66.7 Å². The molecule has 222 valence electrons. The van der Waals surface area contributed by atoms with Gasteiger partial charge in [0.25, 0.3) is 0 Å². The number of aromatic nitrogens is 1. The molecule has 8 rings (SSSR count). The molecule has 2 nitrogen and oxygen atoms in total. The first kappa shape index (κ1) is 27.7. The number of fused-ring (bicyclic) bond motifs is 4. The van der Waals surface area contributed by atoms with Gasteiger partial charge in [-0.1, -0.05) is 113 Å². The molecule has 0 saturated carbocycles. The normalized spacial score (nSPS) is 17.3. The van der Waals surface area contributed by atoms with E-state index in [9.17, 15) is 0 Å². The van der Waals surface area contributed by atoms with Gasteiger partial charge in [-0.05, 0) is 95.1 Å². The average molecular weight is 585 g/mol. The standard InChI is InChI=1S/C43H40N2/c1-29(2)33-22-27-40-37(28-33)36-14-8-10-16-39(36)44(40)34-23-18-30(19-24-34)31-20-25-35(26-21-31)45-41-17-11-9-15-38(41)43(3,4)42(45)32-12-6-5-7-13-32/h5-6,8-12,14-29,42H,7,13H2,1-4H3. The summed E-state index contributed by atoms with van der Waals surface area (Å²) in [5.74, 6) is 0.501. The van der Waals surface area contributed by atoms with Crippen LogP contribution in [-0.4, -0.2) is 10.6 Å². The molecule has 0 spiro atoms. The summed E-state index contributed by atoms with van der Waals surface area (Å²) in [4.78, 5) is 2.58. The summed E-state index contributed by atoms with van der Waals surface area (Å²) in [7, 11) is 0. The van der Waals surface area contributed by atoms with Crippen LogP contribution in [0.25, 0.3) is 38.6 Å². The van der Waals surface area contributed by atoms with E-state index < -0.39 is 0 Å². The van der Waals surface area contributed by atoms with Crippen molar-refractivity contribution in [2.75, 3.05) is 4.90 Å². The molecule has 0 fully saturated rings. The van der Waals surface area contributed by atoms with Crippen molar-refractivity contribution in [3.05, 3.63) is 150 Å². The first-order chi connectivity index (χ1) is 21.9. The minimum Gasteiger partial charge on any atom is -0.333 e. The number of benzene rings is 5. The number of para-hydroxylation sites is 2. The van der Waals surface area contributed by atoms with Crippen molar-refractivity contribution in [3.63, 3.8) is 0 Å². The molecule has 1 aliphatic carbocycles. The van der Waals surface area contributed by atoms with E-state index in [4.69, 9.17) is 0 Å². The highest BCUT2D eigenvalue weighted by molar-refractivity contribution is 6.09. The largest absolute Gasteiger partial charge is 0.333 e. The Labute approximate surface area is 266 Å². The molecule has 0 radical (unpaired) electrons. The van der Waals surface area contributed by atoms with E-state index >= 15 is 0 Å². The summed E-state index contributed by atoms with van der Waals surface area (Å²) < 4.78 is 2.41. The lowest BCUT2D eigenvalue weighted by Crippen LogP contribution is -2.40. The second kappa shape index (κ2) is 10.7. The van der Waals surface area contributed by atoms with Gasteiger partial charge in [-0.2, -0.15) is 0 Å². The van der Waals surface area contributed by atoms with Crippen LogP contribution in [0.3, 0.4) is 0 Å². The lowest BCUT2D eigenvalue weighted by molar-refractivity contribution is 0.468. The van der Waals surface area contributed by atoms with Crippen LogP contribution < -0.4 is 4.90 Å². The van der Waals surface area contributed by atoms with Gasteiger partial charge in [-0.3, -0.25) is 0 Å². The van der Waals surface area contributed by atoms with Gasteiger partial charge in [0.2, 0.25) is 0 Å². The van der Waals surface area contributed by atoms with E-state index in [0.29, 0.717) is 12.0 Å². The third kappa shape index (κ3) is 4.46. The molecular formula is C43H40N2. The molecule has 0 saturated heterocycles. The minimum atomic E-state index is 0.0191. The summed E-state index contributed by atoms with van der Waals surface area (Å²) in [6.07, 6.45) is 9.11. The number of nitrogens with zero attached hydrogens (tertiary/aromatic N) is 2. The molecule has 1 aromatic heterocycles. The van der Waals surface area contributed by atoms with Crippen LogP contribution in [0, 0.1) is 0 Å². The molecule has 0 bridgehead atoms. The molecule has 2 heteroatoms. The summed E-state index contributed by atoms with van der Waals surface area (Å²) in [6, 6.07) is 43.3. The molecule has 0 N–H and O–H groups in total. The zero-order chi connectivity index (χ0) is 30.7. The Bertz CT molecular complexity index is 2100. The highest BCUT2D eigenvalue weighted by Crippen LogP contribution is 2.52. The zero-order valence-corrected chi connectivity index (χ0v) is 26.7. The van der Waals surface area contributed by atoms with E-state index in [1.807, 2.05) is 0 Å². The monoisotopic (exact) mass is 584 g/mol. The maximum atomic E-state index is 2.58. The predicted molar refractivity (Wildman–Crippen MR) is 192 cm³/mol. The van der Waals surface area contributed by atoms with Crippen LogP contribution in [0.1, 0.15) is 57.6 Å². The smallest absolute Gasteiger partial charge is 0.0646 e. The molecule has 6 aromatic rings. The Morgan fingerprint density at radius 1 is 0.689 bits per heavy atom. The SMILES string of the molecule is CC(C)c1ccc2c(c1)c1ccccc1n2-c1ccc(-c2ccc(N3c4ccccc4C(C)(C)C3C3=CC=CCC3)cc2)cc1. The van der Waals surface area contributed by atoms with E-state index in [-0.39, 0.29) is 5.41 Å². The van der Waals surface area contributed by atoms with Crippen LogP contribution >= 0.6 is 0 Å². The summed E-state index contributed by atoms with van der Waals surface area (Å²) in [5.41, 5.74) is 13.1. The molecule has 2 aliphatic rings. The molecule has 5 aromatic carbocycles. The van der Waals surface area contributed by atoms with Crippen molar-refractivity contribution >= 4 is 33.2 Å². The van der Waals surface area contributed by atoms with Crippen molar-refractivity contribution in [1.29, 1.82) is 0 Å². The first-order valence-corrected chi connectivity index (χ1v) is 16.4. The van der Waals surface area contributed by atoms with Gasteiger partial charge in [0.05, 0.1) is 17.1 Å². The van der Waals surface area contributed by atoms with Crippen molar-refractivity contribution in [2.24, 2.45) is 0 Å². The van der Waals surface area contributed by atoms with Gasteiger partial charge in [-0.15, -0.1) is 0 Å². The van der Waals surface area contributed by atoms with Crippen molar-refractivity contribution in [3.8, 4) is 16.8 Å². The molecule has 2 heterocycles. The van der Waals surface area contributed by atoms with Crippen molar-refractivity contribution < 1.29 is 0 Å². The number of allylic oxidation sites excluding steroid dienone is 3. The lowest BCUT2D eigenvalue weighted by atomic mass is 9.75. The van der Waals surface area contributed by atoms with E-state index in [1.54, 1.807) is 0 Å². The fourth-order valence-electron chi connectivity index (χ4n) is 7.85. The van der Waals surface area contributed by atoms with Gasteiger partial charge in [-0.25, -0.2) is 0 Å². The third-order valence-electron chi connectivity index (χ3n) is 10.2. The van der Waals surface area contributed by atoms with Crippen molar-refractivity contribution in [1.82, 2.24) is 4.57 Å². The molecule has 0 amide bonds. The summed E-state index contributed by atoms with van der Waals surface area (Å²) >= 11 is 0. The van der Waals surface area contributed by atoms with Gasteiger partial charge in [0, 0.05) is 33.2 Å². The Hall–Kier alpha value is -4.82. The highest BCUT2D eigenvalue weighted by Gasteiger charge is 2.46. The minimum absolute atomic E-state index is 0.0191. The topological polar surface area (TPSA) is 8.17 Å². The lowest BCUT2D eigenvalue weighted by Gasteiger charge is -2.37. The second-order valence-corrected chi connectivity index (χ2v) is 13.6. The third-order valence-corrected chi connectivity index (χ3v) is 10.2. The Kier molecular flexibility index (Phi) is 6.57. The molecule has 45 heavy (non-hydrogen) atoms. The Balaban J connectivity index is 1.15. The quantitative estimate of drug-likeness (QED) is 0.196. The fraction of sp³-hybridized carbons (Fsp3) is 0.209. The van der Waals surface area contributed by atoms with Gasteiger partial charge < -0.3 is 9.47 Å². The van der Waals surface area contributed by atoms with E-state index in [2.05, 4.69) is 171 Å². The predicted octanol–water partition coefficient (Wildman–Crippen LogP) is 11.6. The zero-order valence-electron chi connectivity index (χ0n) is 26.7. The summed E-state index contributed by atoms with van der Waals surface area (Å²) in [5, 5.41) is 2.63. The van der Waals surface area contributed by atoms with Crippen LogP contribution in [0.15, 0.2) is 139 Å². The maximum Gasteiger partial charge on any atom is 0.0646 e. The first-order valence-electron chi connectivity index (χ1n) is 16.4. The van der Waals surface area contributed by atoms with E-state index in [0.717, 1.165) is 12.8 Å². The van der Waals surface area contributed by atoms with Crippen LogP contribution in [0.4, 0.5) is 11.4 Å². The molecule has 1 unspecified atom stereocenters. The Morgan fingerprint density at radius 3 is 2.07 bits per heavy atom. The average Bonchev–Trinajstić information content (AvgIpc) is 3.53. The number of rotatable bonds is 5. The Morgan fingerprint density at radius 2 is 1.36 bits per heavy atom. The maximum absolute atomic E-state index is 2.58. The molecule has 1 aliphatic heterocycles. The van der Waals surface area contributed by atoms with Crippen LogP contribution in [-0.2, 0) is 5.41 Å². The van der Waals surface area contributed by atoms with Gasteiger partial charge in [0.15, 0.2) is 0 Å². The van der Waals surface area contributed by atoms with Gasteiger partial charge in [0.1, 0.15) is 0 Å².